The number of hydrogen-bond acceptors (Lipinski definition) is 2. The molecule has 1 saturated heterocycles. The Hall–Kier alpha value is -1.06. The quantitative estimate of drug-likeness (QED) is 0.928. The molecule has 1 amide bonds. The molecule has 1 aromatic carbocycles. The van der Waals surface area contributed by atoms with E-state index in [0.29, 0.717) is 13.0 Å². The molecule has 3 nitrogen and oxygen atoms in total. The summed E-state index contributed by atoms with van der Waals surface area (Å²) in [5.74, 6) is 0.242. The van der Waals surface area contributed by atoms with Gasteiger partial charge in [0.25, 0.3) is 0 Å². The minimum atomic E-state index is 0. The Morgan fingerprint density at radius 1 is 1.25 bits per heavy atom. The van der Waals surface area contributed by atoms with Gasteiger partial charge >= 0.3 is 0 Å². The van der Waals surface area contributed by atoms with Crippen LogP contribution in [0.15, 0.2) is 18.2 Å². The first-order valence-electron chi connectivity index (χ1n) is 7.38. The Morgan fingerprint density at radius 3 is 2.85 bits per heavy atom. The average Bonchev–Trinajstić information content (AvgIpc) is 3.06. The van der Waals surface area contributed by atoms with E-state index >= 15 is 0 Å². The maximum atomic E-state index is 12.4. The van der Waals surface area contributed by atoms with Crippen LogP contribution in [0.3, 0.4) is 0 Å². The Kier molecular flexibility index (Phi) is 5.06. The molecule has 110 valence electrons. The molecule has 0 radical (unpaired) electrons. The van der Waals surface area contributed by atoms with E-state index in [9.17, 15) is 4.79 Å². The summed E-state index contributed by atoms with van der Waals surface area (Å²) in [6.07, 6.45) is 6.32. The highest BCUT2D eigenvalue weighted by atomic mass is 35.5. The van der Waals surface area contributed by atoms with Crippen LogP contribution in [0.2, 0.25) is 0 Å². The molecule has 1 aliphatic carbocycles. The van der Waals surface area contributed by atoms with Gasteiger partial charge < -0.3 is 10.6 Å². The average molecular weight is 295 g/mol. The number of benzene rings is 1. The maximum absolute atomic E-state index is 12.4. The molecule has 2 N–H and O–H groups in total. The van der Waals surface area contributed by atoms with Crippen LogP contribution in [0.4, 0.5) is 0 Å². The Morgan fingerprint density at radius 2 is 2.05 bits per heavy atom. The number of amides is 1. The molecule has 1 aliphatic heterocycles. The van der Waals surface area contributed by atoms with Gasteiger partial charge in [0, 0.05) is 19.1 Å². The molecule has 1 atom stereocenters. The smallest absolute Gasteiger partial charge is 0.227 e. The third-order valence-corrected chi connectivity index (χ3v) is 4.49. The summed E-state index contributed by atoms with van der Waals surface area (Å²) in [6, 6.07) is 6.82. The van der Waals surface area contributed by atoms with Crippen LogP contribution in [0, 0.1) is 0 Å². The number of nitrogens with two attached hydrogens (primary N) is 1. The van der Waals surface area contributed by atoms with E-state index in [2.05, 4.69) is 18.2 Å². The van der Waals surface area contributed by atoms with Crippen molar-refractivity contribution < 1.29 is 4.79 Å². The second kappa shape index (κ2) is 6.59. The first-order valence-corrected chi connectivity index (χ1v) is 7.38. The van der Waals surface area contributed by atoms with Gasteiger partial charge in [0.2, 0.25) is 5.91 Å². The van der Waals surface area contributed by atoms with E-state index in [0.717, 1.165) is 24.9 Å². The van der Waals surface area contributed by atoms with Gasteiger partial charge in [0.05, 0.1) is 6.42 Å². The summed E-state index contributed by atoms with van der Waals surface area (Å²) < 4.78 is 0. The molecule has 1 fully saturated rings. The zero-order valence-electron chi connectivity index (χ0n) is 11.8. The van der Waals surface area contributed by atoms with Gasteiger partial charge in [-0.1, -0.05) is 18.2 Å². The number of hydrogen-bond donors (Lipinski definition) is 1. The molecule has 2 aliphatic rings. The number of likely N-dealkylation sites (tertiary alicyclic amines) is 1. The van der Waals surface area contributed by atoms with Crippen molar-refractivity contribution in [2.24, 2.45) is 5.73 Å². The molecular weight excluding hydrogens is 272 g/mol. The van der Waals surface area contributed by atoms with Gasteiger partial charge in [-0.05, 0) is 48.8 Å². The fourth-order valence-electron chi connectivity index (χ4n) is 3.42. The molecular formula is C16H23ClN2O. The Labute approximate surface area is 126 Å². The lowest BCUT2D eigenvalue weighted by molar-refractivity contribution is -0.131. The number of carbonyl (C=O) groups is 1. The lowest BCUT2D eigenvalue weighted by Gasteiger charge is -2.23. The fraction of sp³-hybridized carbons (Fsp3) is 0.562. The first-order chi connectivity index (χ1) is 9.28. The minimum absolute atomic E-state index is 0. The predicted octanol–water partition coefficient (Wildman–Crippen LogP) is 2.09. The van der Waals surface area contributed by atoms with Crippen molar-refractivity contribution in [3.8, 4) is 0 Å². The van der Waals surface area contributed by atoms with Crippen LogP contribution < -0.4 is 5.73 Å². The van der Waals surface area contributed by atoms with E-state index in [1.807, 2.05) is 4.90 Å². The van der Waals surface area contributed by atoms with Crippen LogP contribution in [0.1, 0.15) is 36.0 Å². The molecule has 0 bridgehead atoms. The van der Waals surface area contributed by atoms with Crippen LogP contribution in [0.5, 0.6) is 0 Å². The first kappa shape index (κ1) is 15.3. The molecule has 1 aromatic rings. The number of nitrogens with zero attached hydrogens (tertiary/aromatic N) is 1. The molecule has 20 heavy (non-hydrogen) atoms. The Balaban J connectivity index is 0.00000147. The van der Waals surface area contributed by atoms with Gasteiger partial charge in [-0.15, -0.1) is 12.4 Å². The highest BCUT2D eigenvalue weighted by molar-refractivity contribution is 5.85. The van der Waals surface area contributed by atoms with Crippen LogP contribution in [-0.4, -0.2) is 29.9 Å². The summed E-state index contributed by atoms with van der Waals surface area (Å²) >= 11 is 0. The molecule has 0 saturated carbocycles. The maximum Gasteiger partial charge on any atom is 0.227 e. The number of halogens is 1. The molecule has 1 heterocycles. The normalized spacial score (nSPS) is 20.6. The molecule has 3 rings (SSSR count). The van der Waals surface area contributed by atoms with Gasteiger partial charge in [-0.2, -0.15) is 0 Å². The lowest BCUT2D eigenvalue weighted by Crippen LogP contribution is -2.40. The van der Waals surface area contributed by atoms with Crippen molar-refractivity contribution in [3.63, 3.8) is 0 Å². The van der Waals surface area contributed by atoms with Crippen LogP contribution >= 0.6 is 12.4 Å². The third kappa shape index (κ3) is 2.99. The van der Waals surface area contributed by atoms with Gasteiger partial charge in [-0.25, -0.2) is 0 Å². The largest absolute Gasteiger partial charge is 0.338 e. The zero-order valence-corrected chi connectivity index (χ0v) is 12.6. The standard InChI is InChI=1S/C16H22N2O.ClH/c17-11-15-5-2-8-18(15)16(19)10-12-6-7-13-3-1-4-14(13)9-12;/h6-7,9,15H,1-5,8,10-11,17H2;1H. The highest BCUT2D eigenvalue weighted by Gasteiger charge is 2.27. The highest BCUT2D eigenvalue weighted by Crippen LogP contribution is 2.24. The monoisotopic (exact) mass is 294 g/mol. The number of rotatable bonds is 3. The van der Waals surface area contributed by atoms with Crippen molar-refractivity contribution in [1.82, 2.24) is 4.90 Å². The summed E-state index contributed by atoms with van der Waals surface area (Å²) in [7, 11) is 0. The summed E-state index contributed by atoms with van der Waals surface area (Å²) in [5, 5.41) is 0. The van der Waals surface area contributed by atoms with E-state index in [4.69, 9.17) is 5.73 Å². The second-order valence-electron chi connectivity index (χ2n) is 5.75. The lowest BCUT2D eigenvalue weighted by atomic mass is 10.0. The van der Waals surface area contributed by atoms with Crippen molar-refractivity contribution in [2.75, 3.05) is 13.1 Å². The fourth-order valence-corrected chi connectivity index (χ4v) is 3.42. The Bertz CT molecular complexity index is 489. The summed E-state index contributed by atoms with van der Waals surface area (Å²) in [4.78, 5) is 14.3. The van der Waals surface area contributed by atoms with E-state index < -0.39 is 0 Å². The van der Waals surface area contributed by atoms with Crippen molar-refractivity contribution >= 4 is 18.3 Å². The summed E-state index contributed by atoms with van der Waals surface area (Å²) in [6.45, 7) is 1.47. The third-order valence-electron chi connectivity index (χ3n) is 4.49. The van der Waals surface area contributed by atoms with E-state index in [1.54, 1.807) is 0 Å². The topological polar surface area (TPSA) is 46.3 Å². The number of carbonyl (C=O) groups excluding carboxylic acids is 1. The van der Waals surface area contributed by atoms with Crippen molar-refractivity contribution in [1.29, 1.82) is 0 Å². The number of fused-ring (bicyclic) bond motifs is 1. The van der Waals surface area contributed by atoms with Crippen LogP contribution in [-0.2, 0) is 24.1 Å². The van der Waals surface area contributed by atoms with E-state index in [1.165, 1.54) is 30.4 Å². The summed E-state index contributed by atoms with van der Waals surface area (Å²) in [5.41, 5.74) is 9.81. The van der Waals surface area contributed by atoms with Gasteiger partial charge in [0.1, 0.15) is 0 Å². The zero-order chi connectivity index (χ0) is 13.2. The minimum Gasteiger partial charge on any atom is -0.338 e. The second-order valence-corrected chi connectivity index (χ2v) is 5.75. The SMILES string of the molecule is Cl.NCC1CCCN1C(=O)Cc1ccc2c(c1)CCC2. The molecule has 0 aromatic heterocycles. The van der Waals surface area contributed by atoms with Gasteiger partial charge in [0.15, 0.2) is 0 Å². The predicted molar refractivity (Wildman–Crippen MR) is 83.2 cm³/mol. The van der Waals surface area contributed by atoms with Crippen LogP contribution in [0.25, 0.3) is 0 Å². The van der Waals surface area contributed by atoms with E-state index in [-0.39, 0.29) is 24.4 Å². The molecule has 0 spiro atoms. The number of aryl methyl sites for hydroxylation is 2. The van der Waals surface area contributed by atoms with Crippen molar-refractivity contribution in [3.05, 3.63) is 34.9 Å². The molecule has 1 unspecified atom stereocenters. The van der Waals surface area contributed by atoms with Crippen molar-refractivity contribution in [2.45, 2.75) is 44.6 Å². The molecule has 4 heteroatoms. The van der Waals surface area contributed by atoms with Gasteiger partial charge in [-0.3, -0.25) is 4.79 Å².